The molecule has 88 valence electrons. The molecule has 0 aliphatic carbocycles. The molecule has 0 aromatic rings. The Hall–Kier alpha value is -1.10. The number of amides is 1. The van der Waals surface area contributed by atoms with E-state index in [-0.39, 0.29) is 5.78 Å². The van der Waals surface area contributed by atoms with Crippen molar-refractivity contribution in [3.63, 3.8) is 0 Å². The topological polar surface area (TPSA) is 75.6 Å². The average molecular weight is 217 g/mol. The third-order valence-corrected chi connectivity index (χ3v) is 1.96. The molecule has 1 amide bonds. The van der Waals surface area contributed by atoms with Crippen LogP contribution in [0.3, 0.4) is 0 Å². The zero-order valence-corrected chi connectivity index (χ0v) is 9.83. The van der Waals surface area contributed by atoms with E-state index in [1.165, 1.54) is 14.0 Å². The van der Waals surface area contributed by atoms with Crippen LogP contribution < -0.4 is 5.32 Å². The van der Waals surface area contributed by atoms with Crippen LogP contribution in [0.2, 0.25) is 0 Å². The number of methoxy groups -OCH3 is 1. The molecule has 0 aromatic heterocycles. The Morgan fingerprint density at radius 2 is 1.80 bits per heavy atom. The first-order chi connectivity index (χ1) is 6.70. The molecule has 15 heavy (non-hydrogen) atoms. The Morgan fingerprint density at radius 1 is 1.33 bits per heavy atom. The average Bonchev–Trinajstić information content (AvgIpc) is 2.10. The van der Waals surface area contributed by atoms with Crippen LogP contribution in [-0.4, -0.2) is 36.2 Å². The standard InChI is InChI=1S/C10H19NO4/c1-6(12)7(11-9(14)15-5)8(13)10(2,3)4/h6-7,12H,1-5H3,(H,11,14)/t6-,7+/m1/s1. The molecule has 0 saturated carbocycles. The summed E-state index contributed by atoms with van der Waals surface area (Å²) in [6.45, 7) is 6.63. The first-order valence-corrected chi connectivity index (χ1v) is 4.77. The van der Waals surface area contributed by atoms with Crippen LogP contribution in [0.1, 0.15) is 27.7 Å². The van der Waals surface area contributed by atoms with Crippen molar-refractivity contribution in [1.29, 1.82) is 0 Å². The van der Waals surface area contributed by atoms with E-state index in [0.717, 1.165) is 0 Å². The number of alkyl carbamates (subject to hydrolysis) is 1. The number of hydrogen-bond donors (Lipinski definition) is 2. The van der Waals surface area contributed by atoms with Gasteiger partial charge >= 0.3 is 6.09 Å². The fraction of sp³-hybridized carbons (Fsp3) is 0.800. The monoisotopic (exact) mass is 217 g/mol. The summed E-state index contributed by atoms with van der Waals surface area (Å²) in [6, 6.07) is -0.933. The van der Waals surface area contributed by atoms with Crippen LogP contribution in [0.25, 0.3) is 0 Å². The van der Waals surface area contributed by atoms with Gasteiger partial charge in [0.2, 0.25) is 0 Å². The van der Waals surface area contributed by atoms with Gasteiger partial charge in [0, 0.05) is 5.41 Å². The van der Waals surface area contributed by atoms with Gasteiger partial charge in [-0.05, 0) is 6.92 Å². The number of aliphatic hydroxyl groups is 1. The zero-order chi connectivity index (χ0) is 12.2. The van der Waals surface area contributed by atoms with Gasteiger partial charge in [-0.15, -0.1) is 0 Å². The van der Waals surface area contributed by atoms with E-state index >= 15 is 0 Å². The van der Waals surface area contributed by atoms with Crippen molar-refractivity contribution in [1.82, 2.24) is 5.32 Å². The Balaban J connectivity index is 4.68. The van der Waals surface area contributed by atoms with Crippen molar-refractivity contribution in [2.75, 3.05) is 7.11 Å². The maximum Gasteiger partial charge on any atom is 0.407 e. The lowest BCUT2D eigenvalue weighted by atomic mass is 9.85. The van der Waals surface area contributed by atoms with Crippen molar-refractivity contribution in [2.24, 2.45) is 5.41 Å². The highest BCUT2D eigenvalue weighted by molar-refractivity contribution is 5.91. The smallest absolute Gasteiger partial charge is 0.407 e. The second-order valence-electron chi connectivity index (χ2n) is 4.47. The van der Waals surface area contributed by atoms with Crippen molar-refractivity contribution in [3.05, 3.63) is 0 Å². The van der Waals surface area contributed by atoms with Crippen molar-refractivity contribution in [3.8, 4) is 0 Å². The van der Waals surface area contributed by atoms with E-state index in [1.54, 1.807) is 20.8 Å². The fourth-order valence-corrected chi connectivity index (χ4v) is 1.06. The highest BCUT2D eigenvalue weighted by Crippen LogP contribution is 2.18. The first-order valence-electron chi connectivity index (χ1n) is 4.77. The molecule has 0 fully saturated rings. The summed E-state index contributed by atoms with van der Waals surface area (Å²) in [4.78, 5) is 22.8. The fourth-order valence-electron chi connectivity index (χ4n) is 1.06. The second-order valence-corrected chi connectivity index (χ2v) is 4.47. The van der Waals surface area contributed by atoms with Crippen molar-refractivity contribution >= 4 is 11.9 Å². The van der Waals surface area contributed by atoms with E-state index in [9.17, 15) is 14.7 Å². The van der Waals surface area contributed by atoms with E-state index in [0.29, 0.717) is 0 Å². The third kappa shape index (κ3) is 4.29. The largest absolute Gasteiger partial charge is 0.453 e. The van der Waals surface area contributed by atoms with Gasteiger partial charge in [0.1, 0.15) is 6.04 Å². The minimum absolute atomic E-state index is 0.233. The summed E-state index contributed by atoms with van der Waals surface area (Å²) >= 11 is 0. The van der Waals surface area contributed by atoms with Gasteiger partial charge in [-0.2, -0.15) is 0 Å². The molecule has 0 unspecified atom stereocenters. The van der Waals surface area contributed by atoms with E-state index in [4.69, 9.17) is 0 Å². The maximum atomic E-state index is 11.8. The number of carbonyl (C=O) groups excluding carboxylic acids is 2. The summed E-state index contributed by atoms with van der Waals surface area (Å²) < 4.78 is 4.38. The summed E-state index contributed by atoms with van der Waals surface area (Å²) in [5.41, 5.74) is -0.622. The molecular weight excluding hydrogens is 198 g/mol. The van der Waals surface area contributed by atoms with Gasteiger partial charge in [-0.25, -0.2) is 4.79 Å². The molecule has 5 heteroatoms. The number of Topliss-reactive ketones (excluding diaryl/α,β-unsaturated/α-hetero) is 1. The number of aliphatic hydroxyl groups excluding tert-OH is 1. The van der Waals surface area contributed by atoms with Gasteiger partial charge in [0.25, 0.3) is 0 Å². The molecule has 0 spiro atoms. The summed E-state index contributed by atoms with van der Waals surface area (Å²) in [7, 11) is 1.20. The molecular formula is C10H19NO4. The normalized spacial score (nSPS) is 15.3. The first kappa shape index (κ1) is 13.9. The van der Waals surface area contributed by atoms with Crippen LogP contribution in [0.15, 0.2) is 0 Å². The van der Waals surface area contributed by atoms with Gasteiger partial charge in [0.05, 0.1) is 13.2 Å². The van der Waals surface area contributed by atoms with Crippen LogP contribution >= 0.6 is 0 Å². The molecule has 0 bridgehead atoms. The molecule has 0 heterocycles. The number of carbonyl (C=O) groups is 2. The molecule has 0 aromatic carbocycles. The molecule has 2 atom stereocenters. The predicted octanol–water partition coefficient (Wildman–Crippen LogP) is 0.707. The Morgan fingerprint density at radius 3 is 2.07 bits per heavy atom. The van der Waals surface area contributed by atoms with Crippen LogP contribution in [0, 0.1) is 5.41 Å². The quantitative estimate of drug-likeness (QED) is 0.730. The third-order valence-electron chi connectivity index (χ3n) is 1.96. The lowest BCUT2D eigenvalue weighted by Crippen LogP contribution is -2.51. The number of ketones is 1. The number of hydrogen-bond acceptors (Lipinski definition) is 4. The van der Waals surface area contributed by atoms with Gasteiger partial charge in [-0.1, -0.05) is 20.8 Å². The molecule has 0 radical (unpaired) electrons. The Labute approximate surface area is 89.8 Å². The van der Waals surface area contributed by atoms with Gasteiger partial charge in [-0.3, -0.25) is 4.79 Å². The van der Waals surface area contributed by atoms with Crippen LogP contribution in [-0.2, 0) is 9.53 Å². The minimum atomic E-state index is -0.948. The number of rotatable bonds is 3. The highest BCUT2D eigenvalue weighted by Gasteiger charge is 2.33. The van der Waals surface area contributed by atoms with Gasteiger partial charge in [0.15, 0.2) is 5.78 Å². The molecule has 0 rings (SSSR count). The molecule has 0 saturated heterocycles. The summed E-state index contributed by atoms with van der Waals surface area (Å²) in [5.74, 6) is -0.233. The van der Waals surface area contributed by atoms with E-state index in [2.05, 4.69) is 10.1 Å². The number of ether oxygens (including phenoxy) is 1. The Kier molecular flexibility index (Phi) is 4.74. The molecule has 2 N–H and O–H groups in total. The highest BCUT2D eigenvalue weighted by atomic mass is 16.5. The predicted molar refractivity (Wildman–Crippen MR) is 55.5 cm³/mol. The van der Waals surface area contributed by atoms with Crippen LogP contribution in [0.4, 0.5) is 4.79 Å². The van der Waals surface area contributed by atoms with Gasteiger partial charge < -0.3 is 15.2 Å². The Bertz CT molecular complexity index is 242. The second kappa shape index (κ2) is 5.11. The molecule has 0 aliphatic heterocycles. The maximum absolute atomic E-state index is 11.8. The number of nitrogens with one attached hydrogen (secondary N) is 1. The summed E-state index contributed by atoms with van der Waals surface area (Å²) in [5, 5.41) is 11.7. The lowest BCUT2D eigenvalue weighted by Gasteiger charge is -2.26. The molecule has 0 aliphatic rings. The van der Waals surface area contributed by atoms with Crippen molar-refractivity contribution < 1.29 is 19.4 Å². The molecule has 5 nitrogen and oxygen atoms in total. The minimum Gasteiger partial charge on any atom is -0.453 e. The lowest BCUT2D eigenvalue weighted by molar-refractivity contribution is -0.130. The SMILES string of the molecule is COC(=O)N[C@H](C(=O)C(C)(C)C)[C@@H](C)O. The van der Waals surface area contributed by atoms with Crippen molar-refractivity contribution in [2.45, 2.75) is 39.8 Å². The zero-order valence-electron chi connectivity index (χ0n) is 9.83. The van der Waals surface area contributed by atoms with Crippen LogP contribution in [0.5, 0.6) is 0 Å². The summed E-state index contributed by atoms with van der Waals surface area (Å²) in [6.07, 6.45) is -1.67. The van der Waals surface area contributed by atoms with E-state index < -0.39 is 23.7 Å². The van der Waals surface area contributed by atoms with E-state index in [1.807, 2.05) is 0 Å².